The van der Waals surface area contributed by atoms with Crippen molar-refractivity contribution < 1.29 is 9.94 Å². The van der Waals surface area contributed by atoms with Crippen molar-refractivity contribution in [3.05, 3.63) is 29.8 Å². The van der Waals surface area contributed by atoms with Crippen LogP contribution in [0.15, 0.2) is 29.4 Å². The number of nitrogens with two attached hydrogens (primary N) is 1. The number of nitrogens with zero attached hydrogens (tertiary/aromatic N) is 2. The number of likely N-dealkylation sites (N-methyl/N-ethyl adjacent to an activating group) is 1. The lowest BCUT2D eigenvalue weighted by Gasteiger charge is -2.22. The Balaban J connectivity index is 1.99. The first-order chi connectivity index (χ1) is 8.70. The van der Waals surface area contributed by atoms with Crippen molar-refractivity contribution in [1.82, 2.24) is 0 Å². The quantitative estimate of drug-likeness (QED) is 0.366. The van der Waals surface area contributed by atoms with Gasteiger partial charge >= 0.3 is 0 Å². The summed E-state index contributed by atoms with van der Waals surface area (Å²) in [6.07, 6.45) is 2.62. The predicted octanol–water partition coefficient (Wildman–Crippen LogP) is 1.40. The molecule has 1 aliphatic rings. The summed E-state index contributed by atoms with van der Waals surface area (Å²) >= 11 is 0. The fraction of sp³-hybridized carbons (Fsp3) is 0.462. The van der Waals surface area contributed by atoms with Crippen LogP contribution >= 0.6 is 0 Å². The van der Waals surface area contributed by atoms with Gasteiger partial charge in [0.1, 0.15) is 0 Å². The van der Waals surface area contributed by atoms with E-state index < -0.39 is 0 Å². The molecule has 5 heteroatoms. The summed E-state index contributed by atoms with van der Waals surface area (Å²) in [7, 11) is 2.04. The second kappa shape index (κ2) is 5.73. The highest BCUT2D eigenvalue weighted by molar-refractivity contribution is 5.97. The Morgan fingerprint density at radius 3 is 2.78 bits per heavy atom. The van der Waals surface area contributed by atoms with E-state index in [9.17, 15) is 0 Å². The molecule has 2 rings (SSSR count). The number of hydrogen-bond acceptors (Lipinski definition) is 4. The lowest BCUT2D eigenvalue weighted by atomic mass is 10.1. The summed E-state index contributed by atoms with van der Waals surface area (Å²) in [5, 5.41) is 11.6. The van der Waals surface area contributed by atoms with Crippen molar-refractivity contribution >= 4 is 11.5 Å². The Hall–Kier alpha value is -1.75. The van der Waals surface area contributed by atoms with E-state index >= 15 is 0 Å². The standard InChI is InChI=1S/C13H19N3O2/c1-16(9-12-3-2-8-18-12)11-6-4-10(5-7-11)13(14)15-17/h4-7,12,17H,2-3,8-9H2,1H3,(H2,14,15). The summed E-state index contributed by atoms with van der Waals surface area (Å²) in [6, 6.07) is 7.61. The highest BCUT2D eigenvalue weighted by Gasteiger charge is 2.17. The van der Waals surface area contributed by atoms with E-state index in [1.807, 2.05) is 31.3 Å². The average molecular weight is 249 g/mol. The Morgan fingerprint density at radius 2 is 2.22 bits per heavy atom. The van der Waals surface area contributed by atoms with Gasteiger partial charge < -0.3 is 20.6 Å². The molecule has 0 aliphatic carbocycles. The number of rotatable bonds is 4. The van der Waals surface area contributed by atoms with E-state index in [0.717, 1.165) is 31.7 Å². The van der Waals surface area contributed by atoms with Gasteiger partial charge in [-0.1, -0.05) is 5.16 Å². The Morgan fingerprint density at radius 1 is 1.50 bits per heavy atom. The molecule has 1 aromatic rings. The minimum atomic E-state index is 0.128. The second-order valence-electron chi connectivity index (χ2n) is 4.55. The minimum absolute atomic E-state index is 0.128. The first-order valence-corrected chi connectivity index (χ1v) is 6.11. The molecule has 1 aromatic carbocycles. The van der Waals surface area contributed by atoms with Gasteiger partial charge in [0.25, 0.3) is 0 Å². The first-order valence-electron chi connectivity index (χ1n) is 6.11. The van der Waals surface area contributed by atoms with Crippen LogP contribution in [0.25, 0.3) is 0 Å². The van der Waals surface area contributed by atoms with Gasteiger partial charge in [-0.3, -0.25) is 0 Å². The molecule has 3 N–H and O–H groups in total. The molecule has 0 spiro atoms. The molecule has 1 unspecified atom stereocenters. The van der Waals surface area contributed by atoms with Crippen LogP contribution < -0.4 is 10.6 Å². The van der Waals surface area contributed by atoms with Crippen molar-refractivity contribution in [2.24, 2.45) is 10.9 Å². The van der Waals surface area contributed by atoms with Crippen LogP contribution in [0.1, 0.15) is 18.4 Å². The van der Waals surface area contributed by atoms with Crippen molar-refractivity contribution in [3.8, 4) is 0 Å². The predicted molar refractivity (Wildman–Crippen MR) is 71.2 cm³/mol. The van der Waals surface area contributed by atoms with Gasteiger partial charge in [-0.2, -0.15) is 0 Å². The molecule has 0 radical (unpaired) electrons. The lowest BCUT2D eigenvalue weighted by Crippen LogP contribution is -2.28. The molecule has 0 bridgehead atoms. The highest BCUT2D eigenvalue weighted by Crippen LogP contribution is 2.18. The molecule has 18 heavy (non-hydrogen) atoms. The number of amidine groups is 1. The summed E-state index contributed by atoms with van der Waals surface area (Å²) in [4.78, 5) is 2.16. The van der Waals surface area contributed by atoms with Crippen molar-refractivity contribution in [1.29, 1.82) is 0 Å². The van der Waals surface area contributed by atoms with Crippen LogP contribution in [0.4, 0.5) is 5.69 Å². The third kappa shape index (κ3) is 2.92. The van der Waals surface area contributed by atoms with Crippen LogP contribution in [-0.4, -0.2) is 37.3 Å². The molecule has 0 saturated carbocycles. The van der Waals surface area contributed by atoms with Crippen molar-refractivity contribution in [3.63, 3.8) is 0 Å². The summed E-state index contributed by atoms with van der Waals surface area (Å²) in [6.45, 7) is 1.77. The maximum atomic E-state index is 8.59. The van der Waals surface area contributed by atoms with Gasteiger partial charge in [0.15, 0.2) is 5.84 Å². The topological polar surface area (TPSA) is 71.1 Å². The van der Waals surface area contributed by atoms with Gasteiger partial charge in [-0.25, -0.2) is 0 Å². The molecular formula is C13H19N3O2. The van der Waals surface area contributed by atoms with Gasteiger partial charge in [-0.05, 0) is 37.1 Å². The van der Waals surface area contributed by atoms with E-state index in [-0.39, 0.29) is 5.84 Å². The Bertz CT molecular complexity index is 411. The summed E-state index contributed by atoms with van der Waals surface area (Å²) in [5.74, 6) is 0.128. The number of hydrogen-bond donors (Lipinski definition) is 2. The molecule has 5 nitrogen and oxygen atoms in total. The fourth-order valence-electron chi connectivity index (χ4n) is 2.14. The van der Waals surface area contributed by atoms with Gasteiger partial charge in [0.05, 0.1) is 6.10 Å². The smallest absolute Gasteiger partial charge is 0.170 e. The summed E-state index contributed by atoms with van der Waals surface area (Å²) in [5.41, 5.74) is 7.33. The van der Waals surface area contributed by atoms with Crippen LogP contribution in [0, 0.1) is 0 Å². The Kier molecular flexibility index (Phi) is 4.04. The number of benzene rings is 1. The van der Waals surface area contributed by atoms with Gasteiger partial charge in [0, 0.05) is 31.5 Å². The average Bonchev–Trinajstić information content (AvgIpc) is 2.91. The third-order valence-corrected chi connectivity index (χ3v) is 3.21. The third-order valence-electron chi connectivity index (χ3n) is 3.21. The van der Waals surface area contributed by atoms with E-state index in [0.29, 0.717) is 11.7 Å². The van der Waals surface area contributed by atoms with E-state index in [1.54, 1.807) is 0 Å². The zero-order valence-corrected chi connectivity index (χ0v) is 10.5. The SMILES string of the molecule is CN(CC1CCCO1)c1ccc(C(N)=NO)cc1. The van der Waals surface area contributed by atoms with Gasteiger partial charge in [-0.15, -0.1) is 0 Å². The maximum absolute atomic E-state index is 8.59. The number of oxime groups is 1. The van der Waals surface area contributed by atoms with E-state index in [2.05, 4.69) is 10.1 Å². The molecule has 1 saturated heterocycles. The van der Waals surface area contributed by atoms with Crippen molar-refractivity contribution in [2.75, 3.05) is 25.1 Å². The highest BCUT2D eigenvalue weighted by atomic mass is 16.5. The van der Waals surface area contributed by atoms with Crippen LogP contribution in [0.2, 0.25) is 0 Å². The minimum Gasteiger partial charge on any atom is -0.409 e. The maximum Gasteiger partial charge on any atom is 0.170 e. The zero-order valence-electron chi connectivity index (χ0n) is 10.5. The van der Waals surface area contributed by atoms with E-state index in [4.69, 9.17) is 15.7 Å². The normalized spacial score (nSPS) is 20.1. The molecule has 0 aromatic heterocycles. The molecule has 1 heterocycles. The summed E-state index contributed by atoms with van der Waals surface area (Å²) < 4.78 is 5.61. The largest absolute Gasteiger partial charge is 0.409 e. The molecule has 1 aliphatic heterocycles. The first kappa shape index (κ1) is 12.7. The van der Waals surface area contributed by atoms with E-state index in [1.165, 1.54) is 0 Å². The monoisotopic (exact) mass is 249 g/mol. The molecule has 1 fully saturated rings. The van der Waals surface area contributed by atoms with Crippen LogP contribution in [0.5, 0.6) is 0 Å². The zero-order chi connectivity index (χ0) is 13.0. The molecule has 98 valence electrons. The number of anilines is 1. The number of ether oxygens (including phenoxy) is 1. The Labute approximate surface area is 107 Å². The molecule has 0 amide bonds. The second-order valence-corrected chi connectivity index (χ2v) is 4.55. The molecular weight excluding hydrogens is 230 g/mol. The fourth-order valence-corrected chi connectivity index (χ4v) is 2.14. The van der Waals surface area contributed by atoms with Crippen LogP contribution in [-0.2, 0) is 4.74 Å². The van der Waals surface area contributed by atoms with Gasteiger partial charge in [0.2, 0.25) is 0 Å². The lowest BCUT2D eigenvalue weighted by molar-refractivity contribution is 0.116. The van der Waals surface area contributed by atoms with Crippen LogP contribution in [0.3, 0.4) is 0 Å². The molecule has 1 atom stereocenters. The van der Waals surface area contributed by atoms with Crippen molar-refractivity contribution in [2.45, 2.75) is 18.9 Å².